The Morgan fingerprint density at radius 1 is 1.58 bits per heavy atom. The van der Waals surface area contributed by atoms with Crippen LogP contribution in [0.1, 0.15) is 5.56 Å². The van der Waals surface area contributed by atoms with E-state index in [0.717, 1.165) is 6.07 Å². The van der Waals surface area contributed by atoms with Gasteiger partial charge in [-0.25, -0.2) is 0 Å². The van der Waals surface area contributed by atoms with Crippen molar-refractivity contribution in [1.82, 2.24) is 0 Å². The molecule has 0 fully saturated rings. The highest BCUT2D eigenvalue weighted by atomic mass is 32.1. The number of rotatable bonds is 2. The van der Waals surface area contributed by atoms with Gasteiger partial charge in [0.25, 0.3) is 0 Å². The van der Waals surface area contributed by atoms with Gasteiger partial charge in [-0.05, 0) is 11.6 Å². The second-order valence-corrected chi connectivity index (χ2v) is 2.52. The molecule has 0 saturated carbocycles. The molecule has 5 heteroatoms. The van der Waals surface area contributed by atoms with Crippen LogP contribution in [0.4, 0.5) is 10.1 Å². The molecule has 64 valence electrons. The van der Waals surface area contributed by atoms with Crippen LogP contribution in [0.25, 0.3) is 0 Å². The van der Waals surface area contributed by atoms with Crippen molar-refractivity contribution >= 4 is 18.3 Å². The molecular formula is C7H6FNO2S. The van der Waals surface area contributed by atoms with Crippen molar-refractivity contribution in [3.63, 3.8) is 0 Å². The normalized spacial score (nSPS) is 9.83. The molecule has 0 radical (unpaired) electrons. The third-order valence-electron chi connectivity index (χ3n) is 1.39. The summed E-state index contributed by atoms with van der Waals surface area (Å²) in [5.74, 6) is -0.452. The topological polar surface area (TPSA) is 43.1 Å². The minimum absolute atomic E-state index is 0.362. The van der Waals surface area contributed by atoms with E-state index in [1.54, 1.807) is 0 Å². The molecule has 0 aliphatic rings. The highest BCUT2D eigenvalue weighted by molar-refractivity contribution is 7.79. The molecule has 12 heavy (non-hydrogen) atoms. The molecule has 1 rings (SSSR count). The summed E-state index contributed by atoms with van der Waals surface area (Å²) in [7, 11) is 0. The van der Waals surface area contributed by atoms with Crippen molar-refractivity contribution in [1.29, 1.82) is 0 Å². The van der Waals surface area contributed by atoms with Crippen molar-refractivity contribution in [2.45, 2.75) is 5.75 Å². The molecule has 0 atom stereocenters. The van der Waals surface area contributed by atoms with Crippen molar-refractivity contribution in [3.05, 3.63) is 39.7 Å². The summed E-state index contributed by atoms with van der Waals surface area (Å²) in [6.07, 6.45) is 0. The lowest BCUT2D eigenvalue weighted by molar-refractivity contribution is -0.387. The Kier molecular flexibility index (Phi) is 2.65. The number of benzene rings is 1. The molecule has 1 aromatic rings. The molecule has 0 amide bonds. The molecule has 0 unspecified atom stereocenters. The minimum atomic E-state index is -0.814. The van der Waals surface area contributed by atoms with Gasteiger partial charge in [-0.15, -0.1) is 0 Å². The molecule has 0 saturated heterocycles. The Morgan fingerprint density at radius 2 is 2.25 bits per heavy atom. The molecule has 0 bridgehead atoms. The van der Waals surface area contributed by atoms with Gasteiger partial charge in [-0.1, -0.05) is 6.07 Å². The lowest BCUT2D eigenvalue weighted by atomic mass is 10.2. The first-order valence-corrected chi connectivity index (χ1v) is 3.82. The maximum Gasteiger partial charge on any atom is 0.305 e. The van der Waals surface area contributed by atoms with Gasteiger partial charge in [0.15, 0.2) is 0 Å². The Balaban J connectivity index is 3.17. The molecule has 1 aromatic carbocycles. The number of nitrogens with zero attached hydrogens (tertiary/aromatic N) is 1. The fraction of sp³-hybridized carbons (Fsp3) is 0.143. The molecule has 0 aliphatic carbocycles. The number of hydrogen-bond donors (Lipinski definition) is 1. The average molecular weight is 187 g/mol. The van der Waals surface area contributed by atoms with Crippen molar-refractivity contribution in [2.75, 3.05) is 0 Å². The van der Waals surface area contributed by atoms with Crippen LogP contribution in [0.15, 0.2) is 18.2 Å². The first-order valence-electron chi connectivity index (χ1n) is 3.19. The van der Waals surface area contributed by atoms with E-state index in [1.165, 1.54) is 12.1 Å². The minimum Gasteiger partial charge on any atom is -0.258 e. The third-order valence-corrected chi connectivity index (χ3v) is 1.75. The lowest BCUT2D eigenvalue weighted by Crippen LogP contribution is -1.93. The van der Waals surface area contributed by atoms with E-state index in [-0.39, 0.29) is 0 Å². The summed E-state index contributed by atoms with van der Waals surface area (Å²) in [6.45, 7) is 0. The van der Waals surface area contributed by atoms with E-state index < -0.39 is 16.4 Å². The predicted molar refractivity (Wildman–Crippen MR) is 45.7 cm³/mol. The van der Waals surface area contributed by atoms with E-state index in [2.05, 4.69) is 12.6 Å². The quantitative estimate of drug-likeness (QED) is 0.438. The maximum atomic E-state index is 12.7. The van der Waals surface area contributed by atoms with Crippen LogP contribution < -0.4 is 0 Å². The van der Waals surface area contributed by atoms with Gasteiger partial charge < -0.3 is 0 Å². The zero-order valence-electron chi connectivity index (χ0n) is 6.03. The van der Waals surface area contributed by atoms with Crippen molar-refractivity contribution < 1.29 is 9.31 Å². The van der Waals surface area contributed by atoms with Gasteiger partial charge in [0.2, 0.25) is 5.82 Å². The first kappa shape index (κ1) is 8.99. The van der Waals surface area contributed by atoms with Crippen molar-refractivity contribution in [2.24, 2.45) is 0 Å². The lowest BCUT2D eigenvalue weighted by Gasteiger charge is -1.96. The van der Waals surface area contributed by atoms with E-state index in [4.69, 9.17) is 0 Å². The van der Waals surface area contributed by atoms with E-state index in [1.807, 2.05) is 0 Å². The average Bonchev–Trinajstić information content (AvgIpc) is 2.05. The second kappa shape index (κ2) is 3.53. The molecule has 3 nitrogen and oxygen atoms in total. The number of hydrogen-bond acceptors (Lipinski definition) is 3. The second-order valence-electron chi connectivity index (χ2n) is 2.20. The molecular weight excluding hydrogens is 181 g/mol. The van der Waals surface area contributed by atoms with Gasteiger partial charge in [0, 0.05) is 11.8 Å². The third kappa shape index (κ3) is 1.73. The maximum absolute atomic E-state index is 12.7. The summed E-state index contributed by atoms with van der Waals surface area (Å²) in [6, 6.07) is 3.72. The van der Waals surface area contributed by atoms with Crippen LogP contribution >= 0.6 is 12.6 Å². The van der Waals surface area contributed by atoms with Crippen LogP contribution in [0.5, 0.6) is 0 Å². The van der Waals surface area contributed by atoms with Gasteiger partial charge >= 0.3 is 5.69 Å². The molecule has 0 aromatic heterocycles. The number of nitro benzene ring substituents is 1. The summed E-state index contributed by atoms with van der Waals surface area (Å²) in [5, 5.41) is 10.2. The molecule has 0 aliphatic heterocycles. The standard InChI is InChI=1S/C7H6FNO2S/c8-6-2-1-5(4-12)3-7(6)9(10)11/h1-3,12H,4H2. The summed E-state index contributed by atoms with van der Waals surface area (Å²) in [5.41, 5.74) is 0.132. The fourth-order valence-corrected chi connectivity index (χ4v) is 0.993. The van der Waals surface area contributed by atoms with E-state index in [9.17, 15) is 14.5 Å². The highest BCUT2D eigenvalue weighted by Gasteiger charge is 2.13. The predicted octanol–water partition coefficient (Wildman–Crippen LogP) is 2.16. The van der Waals surface area contributed by atoms with Crippen LogP contribution in [0, 0.1) is 15.9 Å². The largest absolute Gasteiger partial charge is 0.305 e. The summed E-state index contributed by atoms with van der Waals surface area (Å²) in [4.78, 5) is 9.48. The van der Waals surface area contributed by atoms with E-state index in [0.29, 0.717) is 11.3 Å². The Morgan fingerprint density at radius 3 is 2.75 bits per heavy atom. The Labute approximate surface area is 73.8 Å². The van der Waals surface area contributed by atoms with Crippen molar-refractivity contribution in [3.8, 4) is 0 Å². The monoisotopic (exact) mass is 187 g/mol. The van der Waals surface area contributed by atoms with Crippen LogP contribution in [-0.2, 0) is 5.75 Å². The van der Waals surface area contributed by atoms with Crippen LogP contribution in [0.3, 0.4) is 0 Å². The highest BCUT2D eigenvalue weighted by Crippen LogP contribution is 2.19. The number of thiol groups is 1. The summed E-state index contributed by atoms with van der Waals surface area (Å²) >= 11 is 3.91. The smallest absolute Gasteiger partial charge is 0.258 e. The SMILES string of the molecule is O=[N+]([O-])c1cc(CS)ccc1F. The number of nitro groups is 1. The summed E-state index contributed by atoms with van der Waals surface area (Å²) < 4.78 is 12.7. The molecule has 0 spiro atoms. The first-order chi connectivity index (χ1) is 5.65. The van der Waals surface area contributed by atoms with E-state index >= 15 is 0 Å². The fourth-order valence-electron chi connectivity index (χ4n) is 0.797. The van der Waals surface area contributed by atoms with Gasteiger partial charge in [-0.3, -0.25) is 10.1 Å². The zero-order valence-corrected chi connectivity index (χ0v) is 6.92. The zero-order chi connectivity index (χ0) is 9.14. The Bertz CT molecular complexity index is 316. The van der Waals surface area contributed by atoms with Crippen LogP contribution in [-0.4, -0.2) is 4.92 Å². The van der Waals surface area contributed by atoms with Crippen LogP contribution in [0.2, 0.25) is 0 Å². The molecule has 0 heterocycles. The Hall–Kier alpha value is -1.10. The van der Waals surface area contributed by atoms with Gasteiger partial charge in [0.1, 0.15) is 0 Å². The van der Waals surface area contributed by atoms with Gasteiger partial charge in [0.05, 0.1) is 4.92 Å². The number of halogens is 1. The van der Waals surface area contributed by atoms with Gasteiger partial charge in [-0.2, -0.15) is 17.0 Å². The molecule has 0 N–H and O–H groups in total.